The number of ether oxygens (including phenoxy) is 1. The van der Waals surface area contributed by atoms with E-state index in [9.17, 15) is 0 Å². The quantitative estimate of drug-likeness (QED) is 0.867. The SMILES string of the molecule is COc1ccc(Br)c(Nc2cc(Cl)nc(C)n2)c1. The topological polar surface area (TPSA) is 47.0 Å². The molecule has 6 heteroatoms. The maximum absolute atomic E-state index is 5.89. The Kier molecular flexibility index (Phi) is 4.04. The lowest BCUT2D eigenvalue weighted by molar-refractivity contribution is 0.415. The number of nitrogens with one attached hydrogen (secondary N) is 1. The molecule has 0 saturated heterocycles. The highest BCUT2D eigenvalue weighted by Gasteiger charge is 2.05. The second-order valence-electron chi connectivity index (χ2n) is 3.59. The lowest BCUT2D eigenvalue weighted by Gasteiger charge is -2.10. The number of nitrogens with zero attached hydrogens (tertiary/aromatic N) is 2. The Morgan fingerprint density at radius 1 is 1.28 bits per heavy atom. The first-order valence-electron chi connectivity index (χ1n) is 5.20. The summed E-state index contributed by atoms with van der Waals surface area (Å²) in [5.41, 5.74) is 0.850. The van der Waals surface area contributed by atoms with E-state index < -0.39 is 0 Å². The van der Waals surface area contributed by atoms with E-state index >= 15 is 0 Å². The molecule has 2 aromatic rings. The number of aryl methyl sites for hydroxylation is 1. The van der Waals surface area contributed by atoms with Gasteiger partial charge in [-0.05, 0) is 35.0 Å². The first-order valence-corrected chi connectivity index (χ1v) is 6.37. The van der Waals surface area contributed by atoms with E-state index in [0.29, 0.717) is 16.8 Å². The lowest BCUT2D eigenvalue weighted by atomic mass is 10.3. The van der Waals surface area contributed by atoms with Crippen LogP contribution in [0.2, 0.25) is 5.15 Å². The molecule has 0 aliphatic heterocycles. The number of rotatable bonds is 3. The van der Waals surface area contributed by atoms with Crippen molar-refractivity contribution in [2.45, 2.75) is 6.92 Å². The Morgan fingerprint density at radius 3 is 2.72 bits per heavy atom. The van der Waals surface area contributed by atoms with E-state index in [1.165, 1.54) is 0 Å². The number of benzene rings is 1. The third kappa shape index (κ3) is 3.11. The number of aromatic nitrogens is 2. The molecule has 0 aliphatic carbocycles. The fourth-order valence-electron chi connectivity index (χ4n) is 1.46. The van der Waals surface area contributed by atoms with E-state index in [0.717, 1.165) is 15.9 Å². The average molecular weight is 329 g/mol. The normalized spacial score (nSPS) is 10.2. The Balaban J connectivity index is 2.33. The van der Waals surface area contributed by atoms with Crippen LogP contribution in [0.4, 0.5) is 11.5 Å². The fourth-order valence-corrected chi connectivity index (χ4v) is 2.03. The monoisotopic (exact) mass is 327 g/mol. The average Bonchev–Trinajstić information content (AvgIpc) is 2.30. The van der Waals surface area contributed by atoms with Gasteiger partial charge in [-0.2, -0.15) is 0 Å². The highest BCUT2D eigenvalue weighted by atomic mass is 79.9. The first-order chi connectivity index (χ1) is 8.58. The smallest absolute Gasteiger partial charge is 0.135 e. The largest absolute Gasteiger partial charge is 0.497 e. The van der Waals surface area contributed by atoms with Gasteiger partial charge in [-0.3, -0.25) is 0 Å². The molecule has 0 radical (unpaired) electrons. The molecule has 0 aliphatic rings. The van der Waals surface area contributed by atoms with E-state index in [1.807, 2.05) is 18.2 Å². The zero-order valence-electron chi connectivity index (χ0n) is 9.87. The number of halogens is 2. The number of methoxy groups -OCH3 is 1. The predicted molar refractivity (Wildman–Crippen MR) is 75.8 cm³/mol. The van der Waals surface area contributed by atoms with Crippen molar-refractivity contribution in [1.82, 2.24) is 9.97 Å². The second-order valence-corrected chi connectivity index (χ2v) is 4.84. The molecule has 1 aromatic carbocycles. The molecule has 0 amide bonds. The highest BCUT2D eigenvalue weighted by Crippen LogP contribution is 2.29. The molecule has 0 bridgehead atoms. The molecule has 0 saturated carbocycles. The van der Waals surface area contributed by atoms with Gasteiger partial charge in [0.25, 0.3) is 0 Å². The minimum Gasteiger partial charge on any atom is -0.497 e. The Bertz CT molecular complexity index is 557. The van der Waals surface area contributed by atoms with Crippen molar-refractivity contribution in [3.05, 3.63) is 39.7 Å². The first kappa shape index (κ1) is 13.1. The van der Waals surface area contributed by atoms with Crippen LogP contribution in [-0.4, -0.2) is 17.1 Å². The van der Waals surface area contributed by atoms with Crippen LogP contribution in [0.15, 0.2) is 28.7 Å². The van der Waals surface area contributed by atoms with Crippen molar-refractivity contribution in [2.24, 2.45) is 0 Å². The second kappa shape index (κ2) is 5.54. The van der Waals surface area contributed by atoms with Gasteiger partial charge in [0.1, 0.15) is 22.5 Å². The molecular formula is C12H11BrClN3O. The summed E-state index contributed by atoms with van der Waals surface area (Å²) < 4.78 is 6.09. The highest BCUT2D eigenvalue weighted by molar-refractivity contribution is 9.10. The molecule has 0 spiro atoms. The van der Waals surface area contributed by atoms with Crippen LogP contribution in [0.5, 0.6) is 5.75 Å². The van der Waals surface area contributed by atoms with Crippen LogP contribution < -0.4 is 10.1 Å². The fraction of sp³-hybridized carbons (Fsp3) is 0.167. The van der Waals surface area contributed by atoms with Crippen LogP contribution in [0, 0.1) is 6.92 Å². The summed E-state index contributed by atoms with van der Waals surface area (Å²) in [5.74, 6) is 2.02. The van der Waals surface area contributed by atoms with Gasteiger partial charge in [-0.25, -0.2) is 9.97 Å². The van der Waals surface area contributed by atoms with Crippen molar-refractivity contribution < 1.29 is 4.74 Å². The molecule has 4 nitrogen and oxygen atoms in total. The van der Waals surface area contributed by atoms with Crippen LogP contribution in [0.25, 0.3) is 0 Å². The summed E-state index contributed by atoms with van der Waals surface area (Å²) in [4.78, 5) is 8.27. The van der Waals surface area contributed by atoms with Crippen LogP contribution in [0.3, 0.4) is 0 Å². The summed E-state index contributed by atoms with van der Waals surface area (Å²) in [6.07, 6.45) is 0. The van der Waals surface area contributed by atoms with Crippen LogP contribution in [0.1, 0.15) is 5.82 Å². The summed E-state index contributed by atoms with van der Waals surface area (Å²) >= 11 is 9.35. The van der Waals surface area contributed by atoms with E-state index in [4.69, 9.17) is 16.3 Å². The van der Waals surface area contributed by atoms with E-state index in [2.05, 4.69) is 31.2 Å². The number of anilines is 2. The van der Waals surface area contributed by atoms with E-state index in [-0.39, 0.29) is 0 Å². The van der Waals surface area contributed by atoms with Crippen LogP contribution >= 0.6 is 27.5 Å². The third-order valence-electron chi connectivity index (χ3n) is 2.24. The van der Waals surface area contributed by atoms with Crippen molar-refractivity contribution in [2.75, 3.05) is 12.4 Å². The Labute approximate surface area is 118 Å². The zero-order valence-corrected chi connectivity index (χ0v) is 12.2. The van der Waals surface area contributed by atoms with Crippen molar-refractivity contribution >= 4 is 39.0 Å². The van der Waals surface area contributed by atoms with Gasteiger partial charge < -0.3 is 10.1 Å². The summed E-state index contributed by atoms with van der Waals surface area (Å²) in [5, 5.41) is 3.57. The minimum absolute atomic E-state index is 0.406. The molecule has 1 N–H and O–H groups in total. The third-order valence-corrected chi connectivity index (χ3v) is 3.13. The van der Waals surface area contributed by atoms with Crippen molar-refractivity contribution in [1.29, 1.82) is 0 Å². The molecule has 1 aromatic heterocycles. The molecule has 0 atom stereocenters. The molecule has 1 heterocycles. The zero-order chi connectivity index (χ0) is 13.1. The van der Waals surface area contributed by atoms with Gasteiger partial charge in [0.2, 0.25) is 0 Å². The van der Waals surface area contributed by atoms with Gasteiger partial charge in [0.05, 0.1) is 12.8 Å². The Hall–Kier alpha value is -1.33. The maximum atomic E-state index is 5.89. The van der Waals surface area contributed by atoms with Crippen molar-refractivity contribution in [3.63, 3.8) is 0 Å². The number of hydrogen-bond acceptors (Lipinski definition) is 4. The molecule has 0 fully saturated rings. The van der Waals surface area contributed by atoms with Crippen molar-refractivity contribution in [3.8, 4) is 5.75 Å². The Morgan fingerprint density at radius 2 is 2.06 bits per heavy atom. The molecule has 2 rings (SSSR count). The molecular weight excluding hydrogens is 318 g/mol. The maximum Gasteiger partial charge on any atom is 0.135 e. The van der Waals surface area contributed by atoms with Gasteiger partial charge >= 0.3 is 0 Å². The molecule has 94 valence electrons. The molecule has 18 heavy (non-hydrogen) atoms. The lowest BCUT2D eigenvalue weighted by Crippen LogP contribution is -1.98. The summed E-state index contributed by atoms with van der Waals surface area (Å²) in [7, 11) is 1.62. The van der Waals surface area contributed by atoms with Gasteiger partial charge in [0.15, 0.2) is 0 Å². The van der Waals surface area contributed by atoms with Gasteiger partial charge in [0, 0.05) is 16.6 Å². The summed E-state index contributed by atoms with van der Waals surface area (Å²) in [6.45, 7) is 1.79. The van der Waals surface area contributed by atoms with E-state index in [1.54, 1.807) is 20.1 Å². The van der Waals surface area contributed by atoms with Crippen LogP contribution in [-0.2, 0) is 0 Å². The minimum atomic E-state index is 0.406. The number of hydrogen-bond donors (Lipinski definition) is 1. The summed E-state index contributed by atoms with van der Waals surface area (Å²) in [6, 6.07) is 7.31. The predicted octanol–water partition coefficient (Wildman–Crippen LogP) is 3.95. The van der Waals surface area contributed by atoms with Gasteiger partial charge in [-0.1, -0.05) is 11.6 Å². The molecule has 0 unspecified atom stereocenters. The van der Waals surface area contributed by atoms with Gasteiger partial charge in [-0.15, -0.1) is 0 Å². The standard InChI is InChI=1S/C12H11BrClN3O/c1-7-15-11(14)6-12(16-7)17-10-5-8(18-2)3-4-9(10)13/h3-6H,1-2H3,(H,15,16,17).